The van der Waals surface area contributed by atoms with Gasteiger partial charge in [0.05, 0.1) is 17.9 Å². The normalized spacial score (nSPS) is 22.2. The number of benzene rings is 1. The lowest BCUT2D eigenvalue weighted by molar-refractivity contribution is -0.133. The maximum Gasteiger partial charge on any atom is 0.263 e. The molecule has 128 valence electrons. The van der Waals surface area contributed by atoms with Gasteiger partial charge in [-0.25, -0.2) is 4.68 Å². The van der Waals surface area contributed by atoms with Gasteiger partial charge in [0.15, 0.2) is 5.65 Å². The van der Waals surface area contributed by atoms with Crippen LogP contribution in [0.2, 0.25) is 0 Å². The zero-order chi connectivity index (χ0) is 17.1. The Morgan fingerprint density at radius 2 is 2.08 bits per heavy atom. The minimum absolute atomic E-state index is 0.166. The second-order valence-electron chi connectivity index (χ2n) is 6.65. The lowest BCUT2D eigenvalue weighted by atomic mass is 9.99. The molecule has 25 heavy (non-hydrogen) atoms. The number of ether oxygens (including phenoxy) is 1. The summed E-state index contributed by atoms with van der Waals surface area (Å²) in [5, 5.41) is 5.02. The highest BCUT2D eigenvalue weighted by Gasteiger charge is 2.39. The molecule has 0 aliphatic carbocycles. The fourth-order valence-electron chi connectivity index (χ4n) is 3.58. The van der Waals surface area contributed by atoms with Crippen LogP contribution in [-0.2, 0) is 4.74 Å². The van der Waals surface area contributed by atoms with E-state index in [0.29, 0.717) is 17.0 Å². The number of piperidine rings is 1. The fourth-order valence-corrected chi connectivity index (χ4v) is 4.06. The predicted molar refractivity (Wildman–Crippen MR) is 97.4 cm³/mol. The van der Waals surface area contributed by atoms with E-state index >= 15 is 0 Å². The molecule has 2 unspecified atom stereocenters. The van der Waals surface area contributed by atoms with Crippen molar-refractivity contribution in [3.05, 3.63) is 44.8 Å². The van der Waals surface area contributed by atoms with Gasteiger partial charge in [0, 0.05) is 30.2 Å². The van der Waals surface area contributed by atoms with Crippen LogP contribution in [-0.4, -0.2) is 45.0 Å². The van der Waals surface area contributed by atoms with Crippen LogP contribution in [0, 0.1) is 6.92 Å². The number of nitrogens with zero attached hydrogens (tertiary/aromatic N) is 4. The van der Waals surface area contributed by atoms with Gasteiger partial charge in [0.1, 0.15) is 5.39 Å². The molecule has 7 nitrogen and oxygen atoms in total. The molecule has 3 aliphatic heterocycles. The molecule has 0 spiro atoms. The number of aryl methyl sites for hydroxylation is 1. The van der Waals surface area contributed by atoms with Gasteiger partial charge >= 0.3 is 0 Å². The van der Waals surface area contributed by atoms with E-state index in [1.807, 2.05) is 25.1 Å². The number of rotatable bonds is 2. The van der Waals surface area contributed by atoms with E-state index in [0.717, 1.165) is 35.2 Å². The summed E-state index contributed by atoms with van der Waals surface area (Å²) in [4.78, 5) is 22.1. The Bertz CT molecular complexity index is 1030. The Morgan fingerprint density at radius 3 is 2.80 bits per heavy atom. The van der Waals surface area contributed by atoms with E-state index in [1.165, 1.54) is 0 Å². The zero-order valence-electron chi connectivity index (χ0n) is 13.6. The molecule has 3 aromatic rings. The van der Waals surface area contributed by atoms with Crippen LogP contribution in [0.15, 0.2) is 33.7 Å². The maximum absolute atomic E-state index is 12.5. The number of H-pyrrole nitrogens is 1. The van der Waals surface area contributed by atoms with Crippen molar-refractivity contribution in [1.82, 2.24) is 19.7 Å². The fraction of sp³-hybridized carbons (Fsp3) is 0.353. The van der Waals surface area contributed by atoms with Gasteiger partial charge in [-0.15, -0.1) is 5.10 Å². The van der Waals surface area contributed by atoms with Crippen molar-refractivity contribution >= 4 is 32.9 Å². The zero-order valence-corrected chi connectivity index (χ0v) is 15.2. The second kappa shape index (κ2) is 5.40. The molecule has 2 atom stereocenters. The predicted octanol–water partition coefficient (Wildman–Crippen LogP) is 2.16. The highest BCUT2D eigenvalue weighted by Crippen LogP contribution is 2.29. The van der Waals surface area contributed by atoms with Gasteiger partial charge < -0.3 is 9.64 Å². The highest BCUT2D eigenvalue weighted by atomic mass is 79.9. The first-order valence-corrected chi connectivity index (χ1v) is 9.03. The first kappa shape index (κ1) is 15.1. The average Bonchev–Trinajstić information content (AvgIpc) is 2.98. The van der Waals surface area contributed by atoms with Gasteiger partial charge in [0.25, 0.3) is 5.56 Å². The Hall–Kier alpha value is -2.19. The van der Waals surface area contributed by atoms with E-state index in [-0.39, 0.29) is 17.8 Å². The summed E-state index contributed by atoms with van der Waals surface area (Å²) in [6.45, 7) is 3.53. The molecule has 5 heterocycles. The summed E-state index contributed by atoms with van der Waals surface area (Å²) in [6, 6.07) is 5.94. The number of aromatic nitrogens is 4. The van der Waals surface area contributed by atoms with Crippen LogP contribution in [0.3, 0.4) is 0 Å². The standard InChI is InChI=1S/C17H16BrN5O2/c1-9-4-10(18)2-3-14(9)23-8-13-15(21-23)19-17(20-16(13)24)22-6-11-5-12(7-22)25-11/h2-4,8,11-12H,5-7H2,1H3,(H,19,20,21,24). The van der Waals surface area contributed by atoms with Crippen LogP contribution in [0.5, 0.6) is 0 Å². The molecule has 3 fully saturated rings. The number of aromatic amines is 1. The topological polar surface area (TPSA) is 76.0 Å². The van der Waals surface area contributed by atoms with Gasteiger partial charge in [-0.05, 0) is 30.7 Å². The monoisotopic (exact) mass is 401 g/mol. The lowest BCUT2D eigenvalue weighted by Gasteiger charge is -2.47. The van der Waals surface area contributed by atoms with Crippen molar-refractivity contribution in [1.29, 1.82) is 0 Å². The minimum atomic E-state index is -0.166. The summed E-state index contributed by atoms with van der Waals surface area (Å²) >= 11 is 3.46. The number of hydrogen-bond acceptors (Lipinski definition) is 5. The molecule has 0 saturated carbocycles. The Kier molecular flexibility index (Phi) is 3.26. The second-order valence-corrected chi connectivity index (χ2v) is 7.57. The number of anilines is 1. The summed E-state index contributed by atoms with van der Waals surface area (Å²) in [5.41, 5.74) is 2.28. The minimum Gasteiger partial charge on any atom is -0.371 e. The number of morpholine rings is 1. The van der Waals surface area contributed by atoms with Gasteiger partial charge in [-0.1, -0.05) is 15.9 Å². The number of fused-ring (bicyclic) bond motifs is 3. The lowest BCUT2D eigenvalue weighted by Crippen LogP contribution is -2.57. The number of halogens is 1. The van der Waals surface area contributed by atoms with Crippen LogP contribution < -0.4 is 10.5 Å². The average molecular weight is 402 g/mol. The highest BCUT2D eigenvalue weighted by molar-refractivity contribution is 9.10. The van der Waals surface area contributed by atoms with E-state index in [4.69, 9.17) is 4.74 Å². The molecule has 2 bridgehead atoms. The van der Waals surface area contributed by atoms with Crippen molar-refractivity contribution in [3.8, 4) is 5.69 Å². The molecular weight excluding hydrogens is 386 g/mol. The summed E-state index contributed by atoms with van der Waals surface area (Å²) in [6.07, 6.45) is 3.34. The molecule has 6 rings (SSSR count). The van der Waals surface area contributed by atoms with Crippen molar-refractivity contribution in [2.75, 3.05) is 18.0 Å². The first-order chi connectivity index (χ1) is 12.1. The van der Waals surface area contributed by atoms with Crippen molar-refractivity contribution < 1.29 is 4.74 Å². The van der Waals surface area contributed by atoms with E-state index in [2.05, 4.69) is 35.9 Å². The van der Waals surface area contributed by atoms with E-state index < -0.39 is 0 Å². The Labute approximate surface area is 151 Å². The van der Waals surface area contributed by atoms with E-state index in [1.54, 1.807) is 10.9 Å². The molecule has 8 heteroatoms. The van der Waals surface area contributed by atoms with Crippen LogP contribution in [0.4, 0.5) is 5.95 Å². The number of nitrogens with one attached hydrogen (secondary N) is 1. The number of hydrogen-bond donors (Lipinski definition) is 1. The molecule has 3 saturated heterocycles. The maximum atomic E-state index is 12.5. The van der Waals surface area contributed by atoms with Crippen molar-refractivity contribution in [3.63, 3.8) is 0 Å². The Morgan fingerprint density at radius 1 is 1.32 bits per heavy atom. The summed E-state index contributed by atoms with van der Waals surface area (Å²) < 4.78 is 8.37. The molecule has 0 amide bonds. The van der Waals surface area contributed by atoms with Crippen LogP contribution >= 0.6 is 15.9 Å². The quantitative estimate of drug-likeness (QED) is 0.711. The van der Waals surface area contributed by atoms with Gasteiger partial charge in [0.2, 0.25) is 5.95 Å². The Balaban J connectivity index is 1.57. The van der Waals surface area contributed by atoms with E-state index in [9.17, 15) is 4.79 Å². The smallest absolute Gasteiger partial charge is 0.263 e. The van der Waals surface area contributed by atoms with Gasteiger partial charge in [-0.3, -0.25) is 9.78 Å². The van der Waals surface area contributed by atoms with Crippen molar-refractivity contribution in [2.45, 2.75) is 25.6 Å². The third-order valence-corrected chi connectivity index (χ3v) is 5.33. The molecule has 2 aromatic heterocycles. The third kappa shape index (κ3) is 2.47. The van der Waals surface area contributed by atoms with Gasteiger partial charge in [-0.2, -0.15) is 4.98 Å². The summed E-state index contributed by atoms with van der Waals surface area (Å²) in [7, 11) is 0. The van der Waals surface area contributed by atoms with Crippen LogP contribution in [0.1, 0.15) is 12.0 Å². The van der Waals surface area contributed by atoms with Crippen molar-refractivity contribution in [2.24, 2.45) is 0 Å². The molecule has 3 aliphatic rings. The van der Waals surface area contributed by atoms with Crippen LogP contribution in [0.25, 0.3) is 16.7 Å². The third-order valence-electron chi connectivity index (χ3n) is 4.84. The molecular formula is C17H16BrN5O2. The summed E-state index contributed by atoms with van der Waals surface area (Å²) in [5.74, 6) is 0.577. The SMILES string of the molecule is Cc1cc(Br)ccc1-n1cc2c(=O)[nH]c(N3CC4CC(C3)O4)nc2n1. The molecule has 0 radical (unpaired) electrons. The molecule has 1 aromatic carbocycles. The first-order valence-electron chi connectivity index (χ1n) is 8.23. The largest absolute Gasteiger partial charge is 0.371 e. The molecule has 1 N–H and O–H groups in total.